The van der Waals surface area contributed by atoms with Gasteiger partial charge < -0.3 is 4.84 Å². The van der Waals surface area contributed by atoms with E-state index in [1.54, 1.807) is 35.2 Å². The second-order valence-electron chi connectivity index (χ2n) is 6.83. The number of hydrogen-bond acceptors (Lipinski definition) is 7. The summed E-state index contributed by atoms with van der Waals surface area (Å²) in [5.41, 5.74) is 1.25. The topological polar surface area (TPSA) is 97.4 Å². The number of carbonyl (C=O) groups excluding carboxylic acids is 1. The Balaban J connectivity index is 1.67. The molecule has 5 rings (SSSR count). The number of halogens is 2. The molecule has 3 aliphatic heterocycles. The van der Waals surface area contributed by atoms with Gasteiger partial charge in [-0.15, -0.1) is 0 Å². The Morgan fingerprint density at radius 1 is 1.20 bits per heavy atom. The molecule has 2 aromatic carbocycles. The fourth-order valence-corrected chi connectivity index (χ4v) is 5.82. The van der Waals surface area contributed by atoms with E-state index in [0.29, 0.717) is 45.1 Å². The number of carbonyl (C=O) groups is 1. The van der Waals surface area contributed by atoms with E-state index < -0.39 is 15.8 Å². The number of rotatable bonds is 3. The Morgan fingerprint density at radius 3 is 2.53 bits per heavy atom. The van der Waals surface area contributed by atoms with Crippen LogP contribution in [0.25, 0.3) is 0 Å². The summed E-state index contributed by atoms with van der Waals surface area (Å²) in [7, 11) is 0. The van der Waals surface area contributed by atoms with Crippen molar-refractivity contribution in [3.05, 3.63) is 73.8 Å². The van der Waals surface area contributed by atoms with Crippen LogP contribution in [0.3, 0.4) is 0 Å². The smallest absolute Gasteiger partial charge is 0.269 e. The number of nitro groups is 1. The van der Waals surface area contributed by atoms with E-state index in [1.807, 2.05) is 0 Å². The van der Waals surface area contributed by atoms with E-state index in [1.165, 1.54) is 23.9 Å². The number of oxime groups is 1. The molecule has 1 fully saturated rings. The van der Waals surface area contributed by atoms with Gasteiger partial charge in [-0.25, -0.2) is 0 Å². The molecule has 1 spiro atoms. The summed E-state index contributed by atoms with van der Waals surface area (Å²) in [6.07, 6.45) is -0.827. The molecule has 2 unspecified atom stereocenters. The number of amides is 1. The van der Waals surface area contributed by atoms with Gasteiger partial charge in [0.15, 0.2) is 16.0 Å². The lowest BCUT2D eigenvalue weighted by Crippen LogP contribution is -2.48. The van der Waals surface area contributed by atoms with Crippen LogP contribution >= 0.6 is 35.0 Å². The Bertz CT molecular complexity index is 1130. The van der Waals surface area contributed by atoms with Crippen molar-refractivity contribution >= 4 is 57.4 Å². The summed E-state index contributed by atoms with van der Waals surface area (Å²) in [6.45, 7) is 1.01. The fraction of sp³-hybridized carbons (Fsp3) is 0.211. The molecular weight excluding hydrogens is 451 g/mol. The number of amidine groups is 1. The summed E-state index contributed by atoms with van der Waals surface area (Å²) in [5, 5.41) is 16.5. The maximum absolute atomic E-state index is 13.6. The number of fused-ring (bicyclic) bond motifs is 1. The van der Waals surface area contributed by atoms with Crippen molar-refractivity contribution in [2.24, 2.45) is 10.1 Å². The van der Waals surface area contributed by atoms with Crippen molar-refractivity contribution < 1.29 is 14.6 Å². The Labute approximate surface area is 184 Å². The zero-order chi connectivity index (χ0) is 21.0. The number of benzene rings is 2. The molecule has 0 aliphatic carbocycles. The zero-order valence-corrected chi connectivity index (χ0v) is 17.4. The third kappa shape index (κ3) is 2.65. The molecule has 0 bridgehead atoms. The molecule has 3 heterocycles. The molecule has 0 radical (unpaired) electrons. The molecule has 0 N–H and O–H groups in total. The van der Waals surface area contributed by atoms with Crippen LogP contribution in [0, 0.1) is 10.1 Å². The normalized spacial score (nSPS) is 24.7. The molecule has 1 saturated heterocycles. The number of aliphatic imine (C=N–C) groups is 1. The Kier molecular flexibility index (Phi) is 4.49. The summed E-state index contributed by atoms with van der Waals surface area (Å²) in [5.74, 6) is -0.223. The standard InChI is InChI=1S/C19H12Cl2N4O4S/c20-12-2-1-3-13(21)14(12)15-19(17(26)24-9-8-22-18(24)30-19)16(29-23-15)10-4-6-11(7-5-10)25(27)28/h1-7,16H,8-9H2. The van der Waals surface area contributed by atoms with Crippen LogP contribution in [0.4, 0.5) is 5.69 Å². The van der Waals surface area contributed by atoms with E-state index >= 15 is 0 Å². The van der Waals surface area contributed by atoms with Crippen molar-refractivity contribution in [2.75, 3.05) is 13.1 Å². The minimum Gasteiger partial charge on any atom is -0.385 e. The van der Waals surface area contributed by atoms with Crippen molar-refractivity contribution in [2.45, 2.75) is 10.9 Å². The van der Waals surface area contributed by atoms with Gasteiger partial charge in [-0.05, 0) is 29.8 Å². The summed E-state index contributed by atoms with van der Waals surface area (Å²) < 4.78 is -1.29. The van der Waals surface area contributed by atoms with Gasteiger partial charge in [-0.2, -0.15) is 0 Å². The predicted molar refractivity (Wildman–Crippen MR) is 114 cm³/mol. The van der Waals surface area contributed by atoms with Gasteiger partial charge in [-0.1, -0.05) is 46.2 Å². The van der Waals surface area contributed by atoms with Crippen molar-refractivity contribution in [1.29, 1.82) is 0 Å². The van der Waals surface area contributed by atoms with Gasteiger partial charge in [0, 0.05) is 24.2 Å². The molecule has 1 amide bonds. The molecule has 30 heavy (non-hydrogen) atoms. The van der Waals surface area contributed by atoms with Crippen LogP contribution in [-0.4, -0.2) is 44.4 Å². The SMILES string of the molecule is O=C1N2CCN=C2SC12C(c1c(Cl)cccc1Cl)=NOC2c1ccc([N+](=O)[O-])cc1. The van der Waals surface area contributed by atoms with Crippen LogP contribution in [0.5, 0.6) is 0 Å². The van der Waals surface area contributed by atoms with Gasteiger partial charge in [0.1, 0.15) is 5.71 Å². The highest BCUT2D eigenvalue weighted by Gasteiger charge is 2.65. The van der Waals surface area contributed by atoms with Crippen LogP contribution in [-0.2, 0) is 9.63 Å². The fourth-order valence-electron chi connectivity index (χ4n) is 3.80. The third-order valence-electron chi connectivity index (χ3n) is 5.19. The number of non-ortho nitro benzene ring substituents is 1. The van der Waals surface area contributed by atoms with Crippen LogP contribution in [0.15, 0.2) is 52.6 Å². The first kappa shape index (κ1) is 19.3. The minimum atomic E-state index is -1.29. The maximum Gasteiger partial charge on any atom is 0.269 e. The highest BCUT2D eigenvalue weighted by Crippen LogP contribution is 2.55. The molecule has 3 aliphatic rings. The van der Waals surface area contributed by atoms with Gasteiger partial charge in [0.2, 0.25) is 0 Å². The van der Waals surface area contributed by atoms with Gasteiger partial charge in [0.05, 0.1) is 21.5 Å². The van der Waals surface area contributed by atoms with Gasteiger partial charge in [-0.3, -0.25) is 24.8 Å². The summed E-state index contributed by atoms with van der Waals surface area (Å²) in [6, 6.07) is 10.9. The lowest BCUT2D eigenvalue weighted by atomic mass is 9.86. The predicted octanol–water partition coefficient (Wildman–Crippen LogP) is 4.06. The molecule has 152 valence electrons. The second kappa shape index (κ2) is 6.97. The third-order valence-corrected chi connectivity index (χ3v) is 7.26. The van der Waals surface area contributed by atoms with E-state index in [4.69, 9.17) is 28.0 Å². The molecule has 2 atom stereocenters. The first-order valence-corrected chi connectivity index (χ1v) is 10.5. The number of thioether (sulfide) groups is 1. The Morgan fingerprint density at radius 2 is 1.90 bits per heavy atom. The molecule has 8 nitrogen and oxygen atoms in total. The highest BCUT2D eigenvalue weighted by atomic mass is 35.5. The second-order valence-corrected chi connectivity index (χ2v) is 8.86. The van der Waals surface area contributed by atoms with Gasteiger partial charge >= 0.3 is 0 Å². The lowest BCUT2D eigenvalue weighted by Gasteiger charge is -2.27. The van der Waals surface area contributed by atoms with E-state index in [-0.39, 0.29) is 11.6 Å². The van der Waals surface area contributed by atoms with Crippen LogP contribution in [0.2, 0.25) is 10.0 Å². The number of nitrogens with zero attached hydrogens (tertiary/aromatic N) is 4. The molecule has 11 heteroatoms. The Hall–Kier alpha value is -2.62. The van der Waals surface area contributed by atoms with E-state index in [2.05, 4.69) is 10.1 Å². The first-order valence-electron chi connectivity index (χ1n) is 8.92. The van der Waals surface area contributed by atoms with Gasteiger partial charge in [0.25, 0.3) is 11.6 Å². The highest BCUT2D eigenvalue weighted by molar-refractivity contribution is 8.17. The van der Waals surface area contributed by atoms with Crippen LogP contribution in [0.1, 0.15) is 17.2 Å². The minimum absolute atomic E-state index is 0.0588. The number of nitro benzene ring substituents is 1. The average molecular weight is 463 g/mol. The lowest BCUT2D eigenvalue weighted by molar-refractivity contribution is -0.384. The van der Waals surface area contributed by atoms with Crippen molar-refractivity contribution in [3.63, 3.8) is 0 Å². The summed E-state index contributed by atoms with van der Waals surface area (Å²) in [4.78, 5) is 36.0. The van der Waals surface area contributed by atoms with Crippen molar-refractivity contribution in [1.82, 2.24) is 4.90 Å². The first-order chi connectivity index (χ1) is 14.4. The molecule has 0 saturated carbocycles. The average Bonchev–Trinajstić information content (AvgIpc) is 3.40. The monoisotopic (exact) mass is 462 g/mol. The maximum atomic E-state index is 13.6. The largest absolute Gasteiger partial charge is 0.385 e. The molecule has 0 aromatic heterocycles. The quantitative estimate of drug-likeness (QED) is 0.505. The van der Waals surface area contributed by atoms with E-state index in [9.17, 15) is 14.9 Å². The molecular formula is C19H12Cl2N4O4S. The molecule has 2 aromatic rings. The summed E-state index contributed by atoms with van der Waals surface area (Å²) >= 11 is 14.1. The van der Waals surface area contributed by atoms with Crippen LogP contribution < -0.4 is 0 Å². The zero-order valence-electron chi connectivity index (χ0n) is 15.1. The number of hydrogen-bond donors (Lipinski definition) is 0. The van der Waals surface area contributed by atoms with Crippen molar-refractivity contribution in [3.8, 4) is 0 Å². The van der Waals surface area contributed by atoms with E-state index in [0.717, 1.165) is 0 Å².